The van der Waals surface area contributed by atoms with Crippen molar-refractivity contribution in [2.75, 3.05) is 7.11 Å². The van der Waals surface area contributed by atoms with Gasteiger partial charge < -0.3 is 4.74 Å². The van der Waals surface area contributed by atoms with Gasteiger partial charge >= 0.3 is 0 Å². The van der Waals surface area contributed by atoms with Gasteiger partial charge in [0.2, 0.25) is 0 Å². The molecular weight excluding hydrogens is 314 g/mol. The SMILES string of the molecule is COc1ccccc1-c1c[nH]n2c(=O)c(-c3ccccc3)c(C)nc12. The van der Waals surface area contributed by atoms with Crippen LogP contribution in [-0.4, -0.2) is 21.7 Å². The van der Waals surface area contributed by atoms with Crippen LogP contribution in [0.15, 0.2) is 65.6 Å². The number of fused-ring (bicyclic) bond motifs is 1. The number of nitrogens with one attached hydrogen (secondary N) is 1. The third kappa shape index (κ3) is 2.41. The second-order valence-corrected chi connectivity index (χ2v) is 5.79. The fourth-order valence-electron chi connectivity index (χ4n) is 3.12. The summed E-state index contributed by atoms with van der Waals surface area (Å²) in [6.45, 7) is 1.86. The van der Waals surface area contributed by atoms with Gasteiger partial charge in [-0.2, -0.15) is 0 Å². The predicted molar refractivity (Wildman–Crippen MR) is 98.0 cm³/mol. The number of aromatic amines is 1. The molecule has 0 aliphatic carbocycles. The molecule has 25 heavy (non-hydrogen) atoms. The Bertz CT molecular complexity index is 1110. The normalized spacial score (nSPS) is 11.0. The highest BCUT2D eigenvalue weighted by Crippen LogP contribution is 2.32. The van der Waals surface area contributed by atoms with E-state index in [0.717, 1.165) is 22.4 Å². The first-order valence-corrected chi connectivity index (χ1v) is 8.00. The number of methoxy groups -OCH3 is 1. The summed E-state index contributed by atoms with van der Waals surface area (Å²) in [5.74, 6) is 0.739. The second-order valence-electron chi connectivity index (χ2n) is 5.79. The highest BCUT2D eigenvalue weighted by atomic mass is 16.5. The number of hydrogen-bond acceptors (Lipinski definition) is 3. The summed E-state index contributed by atoms with van der Waals surface area (Å²) >= 11 is 0. The number of hydrogen-bond donors (Lipinski definition) is 1. The molecule has 0 radical (unpaired) electrons. The summed E-state index contributed by atoms with van der Waals surface area (Å²) in [4.78, 5) is 17.7. The summed E-state index contributed by atoms with van der Waals surface area (Å²) in [5, 5.41) is 3.03. The van der Waals surface area contributed by atoms with E-state index in [9.17, 15) is 4.79 Å². The summed E-state index contributed by atoms with van der Waals surface area (Å²) in [5.41, 5.74) is 4.36. The maximum absolute atomic E-state index is 13.0. The van der Waals surface area contributed by atoms with Gasteiger partial charge in [0.25, 0.3) is 5.56 Å². The highest BCUT2D eigenvalue weighted by Gasteiger charge is 2.17. The van der Waals surface area contributed by atoms with Crippen molar-refractivity contribution in [3.05, 3.63) is 76.8 Å². The van der Waals surface area contributed by atoms with Gasteiger partial charge in [0.1, 0.15) is 5.75 Å². The number of ether oxygens (including phenoxy) is 1. The molecule has 5 heteroatoms. The zero-order valence-corrected chi connectivity index (χ0v) is 14.0. The summed E-state index contributed by atoms with van der Waals surface area (Å²) in [6.07, 6.45) is 1.79. The van der Waals surface area contributed by atoms with Gasteiger partial charge in [-0.1, -0.05) is 48.5 Å². The summed E-state index contributed by atoms with van der Waals surface area (Å²) < 4.78 is 6.93. The van der Waals surface area contributed by atoms with E-state index in [1.807, 2.05) is 61.5 Å². The summed E-state index contributed by atoms with van der Waals surface area (Å²) in [7, 11) is 1.63. The Labute approximate surface area is 144 Å². The number of nitrogens with zero attached hydrogens (tertiary/aromatic N) is 2. The first-order valence-electron chi connectivity index (χ1n) is 8.00. The summed E-state index contributed by atoms with van der Waals surface area (Å²) in [6, 6.07) is 17.3. The molecule has 2 heterocycles. The van der Waals surface area contributed by atoms with Gasteiger partial charge in [-0.15, -0.1) is 0 Å². The van der Waals surface area contributed by atoms with E-state index in [1.165, 1.54) is 4.52 Å². The first kappa shape index (κ1) is 15.2. The molecule has 4 aromatic rings. The van der Waals surface area contributed by atoms with Gasteiger partial charge in [0, 0.05) is 17.3 Å². The van der Waals surface area contributed by atoms with E-state index < -0.39 is 0 Å². The Hall–Kier alpha value is -3.34. The van der Waals surface area contributed by atoms with Crippen molar-refractivity contribution in [3.8, 4) is 28.0 Å². The molecule has 0 aliphatic heterocycles. The van der Waals surface area contributed by atoms with E-state index in [4.69, 9.17) is 9.72 Å². The Balaban J connectivity index is 1.99. The van der Waals surface area contributed by atoms with Crippen LogP contribution in [-0.2, 0) is 0 Å². The number of aryl methyl sites for hydroxylation is 1. The average molecular weight is 331 g/mol. The van der Waals surface area contributed by atoms with Crippen LogP contribution >= 0.6 is 0 Å². The van der Waals surface area contributed by atoms with Crippen LogP contribution in [0.1, 0.15) is 5.69 Å². The van der Waals surface area contributed by atoms with E-state index in [-0.39, 0.29) is 5.56 Å². The molecule has 0 spiro atoms. The molecule has 4 rings (SSSR count). The minimum absolute atomic E-state index is 0.116. The fraction of sp³-hybridized carbons (Fsp3) is 0.100. The van der Waals surface area contributed by atoms with Crippen molar-refractivity contribution in [1.82, 2.24) is 14.6 Å². The van der Waals surface area contributed by atoms with Gasteiger partial charge in [-0.25, -0.2) is 9.50 Å². The van der Waals surface area contributed by atoms with E-state index in [0.29, 0.717) is 16.9 Å². The van der Waals surface area contributed by atoms with Crippen LogP contribution in [0.5, 0.6) is 5.75 Å². The number of H-pyrrole nitrogens is 1. The number of rotatable bonds is 3. The molecule has 0 unspecified atom stereocenters. The van der Waals surface area contributed by atoms with Crippen LogP contribution in [0.4, 0.5) is 0 Å². The van der Waals surface area contributed by atoms with Gasteiger partial charge in [-0.3, -0.25) is 9.89 Å². The van der Waals surface area contributed by atoms with Crippen LogP contribution in [0.3, 0.4) is 0 Å². The molecular formula is C20H17N3O2. The molecule has 0 atom stereocenters. The molecule has 0 saturated heterocycles. The van der Waals surface area contributed by atoms with Gasteiger partial charge in [-0.05, 0) is 18.6 Å². The van der Waals surface area contributed by atoms with Crippen LogP contribution in [0.2, 0.25) is 0 Å². The Morgan fingerprint density at radius 1 is 1.00 bits per heavy atom. The molecule has 124 valence electrons. The van der Waals surface area contributed by atoms with Crippen molar-refractivity contribution < 1.29 is 4.74 Å². The molecule has 0 fully saturated rings. The maximum atomic E-state index is 13.0. The number of para-hydroxylation sites is 1. The molecule has 0 aliphatic rings. The van der Waals surface area contributed by atoms with Crippen molar-refractivity contribution >= 4 is 5.65 Å². The average Bonchev–Trinajstić information content (AvgIpc) is 3.06. The minimum atomic E-state index is -0.116. The molecule has 0 saturated carbocycles. The van der Waals surface area contributed by atoms with Crippen molar-refractivity contribution in [2.45, 2.75) is 6.92 Å². The smallest absolute Gasteiger partial charge is 0.280 e. The lowest BCUT2D eigenvalue weighted by Gasteiger charge is -2.08. The maximum Gasteiger partial charge on any atom is 0.280 e. The lowest BCUT2D eigenvalue weighted by Crippen LogP contribution is -2.19. The quantitative estimate of drug-likeness (QED) is 0.623. The monoisotopic (exact) mass is 331 g/mol. The Morgan fingerprint density at radius 3 is 2.48 bits per heavy atom. The van der Waals surface area contributed by atoms with Crippen molar-refractivity contribution in [1.29, 1.82) is 0 Å². The second kappa shape index (κ2) is 5.94. The first-order chi connectivity index (χ1) is 12.2. The van der Waals surface area contributed by atoms with E-state index >= 15 is 0 Å². The lowest BCUT2D eigenvalue weighted by molar-refractivity contribution is 0.416. The standard InChI is InChI=1S/C20H17N3O2/c1-13-18(14-8-4-3-5-9-14)20(24)23-19(22-13)16(12-21-23)15-10-6-7-11-17(15)25-2/h3-12,21H,1-2H3. The highest BCUT2D eigenvalue weighted by molar-refractivity contribution is 5.82. The Kier molecular flexibility index (Phi) is 3.61. The van der Waals surface area contributed by atoms with E-state index in [2.05, 4.69) is 5.10 Å². The van der Waals surface area contributed by atoms with Gasteiger partial charge in [0.05, 0.1) is 18.4 Å². The fourth-order valence-corrected chi connectivity index (χ4v) is 3.12. The Morgan fingerprint density at radius 2 is 1.72 bits per heavy atom. The lowest BCUT2D eigenvalue weighted by atomic mass is 10.1. The third-order valence-electron chi connectivity index (χ3n) is 4.30. The van der Waals surface area contributed by atoms with Crippen molar-refractivity contribution in [2.24, 2.45) is 0 Å². The van der Waals surface area contributed by atoms with Crippen LogP contribution < -0.4 is 10.3 Å². The largest absolute Gasteiger partial charge is 0.496 e. The third-order valence-corrected chi connectivity index (χ3v) is 4.30. The van der Waals surface area contributed by atoms with E-state index in [1.54, 1.807) is 13.3 Å². The van der Waals surface area contributed by atoms with Crippen LogP contribution in [0.25, 0.3) is 27.9 Å². The molecule has 0 bridgehead atoms. The number of aromatic nitrogens is 3. The molecule has 1 N–H and O–H groups in total. The topological polar surface area (TPSA) is 59.4 Å². The zero-order valence-electron chi connectivity index (χ0n) is 14.0. The minimum Gasteiger partial charge on any atom is -0.496 e. The van der Waals surface area contributed by atoms with Crippen LogP contribution in [0, 0.1) is 6.92 Å². The molecule has 2 aromatic heterocycles. The predicted octanol–water partition coefficient (Wildman–Crippen LogP) is 3.67. The molecule has 2 aromatic carbocycles. The van der Waals surface area contributed by atoms with Gasteiger partial charge in [0.15, 0.2) is 5.65 Å². The van der Waals surface area contributed by atoms with Crippen molar-refractivity contribution in [3.63, 3.8) is 0 Å². The number of benzene rings is 2. The zero-order chi connectivity index (χ0) is 17.4. The molecule has 5 nitrogen and oxygen atoms in total. The molecule has 0 amide bonds.